The van der Waals surface area contributed by atoms with Crippen LogP contribution < -0.4 is 10.6 Å². The summed E-state index contributed by atoms with van der Waals surface area (Å²) in [4.78, 5) is 9.07. The van der Waals surface area contributed by atoms with Crippen LogP contribution in [0.15, 0.2) is 48.7 Å². The van der Waals surface area contributed by atoms with Crippen LogP contribution in [0.4, 0.5) is 11.5 Å². The minimum Gasteiger partial charge on any atom is -0.329 e. The molecule has 2 heterocycles. The third-order valence-corrected chi connectivity index (χ3v) is 4.01. The van der Waals surface area contributed by atoms with E-state index in [-0.39, 0.29) is 12.4 Å². The predicted molar refractivity (Wildman–Crippen MR) is 93.9 cm³/mol. The smallest absolute Gasteiger partial charge is 0.132 e. The van der Waals surface area contributed by atoms with Gasteiger partial charge in [0.1, 0.15) is 5.82 Å². The quantitative estimate of drug-likeness (QED) is 0.941. The van der Waals surface area contributed by atoms with Crippen molar-refractivity contribution in [2.45, 2.75) is 19.0 Å². The number of para-hydroxylation sites is 1. The summed E-state index contributed by atoms with van der Waals surface area (Å²) in [6.45, 7) is 3.02. The number of nitrogens with zero attached hydrogens (tertiary/aromatic N) is 3. The maximum absolute atomic E-state index is 5.94. The zero-order chi connectivity index (χ0) is 14.7. The molecule has 2 aromatic rings. The van der Waals surface area contributed by atoms with Gasteiger partial charge in [0.2, 0.25) is 0 Å². The Balaban J connectivity index is 0.00000176. The highest BCUT2D eigenvalue weighted by Crippen LogP contribution is 2.21. The van der Waals surface area contributed by atoms with Crippen LogP contribution in [0.1, 0.15) is 12.0 Å². The molecule has 2 N–H and O–H groups in total. The van der Waals surface area contributed by atoms with Crippen LogP contribution in [0.2, 0.25) is 0 Å². The zero-order valence-corrected chi connectivity index (χ0v) is 13.7. The number of halogens is 1. The topological polar surface area (TPSA) is 45.4 Å². The van der Waals surface area contributed by atoms with Crippen LogP contribution in [0.3, 0.4) is 0 Å². The SMILES string of the molecule is CN(c1ccccc1)c1ccc(CN2CCC(N)C2)cn1.Cl. The maximum atomic E-state index is 5.94. The van der Waals surface area contributed by atoms with Gasteiger partial charge in [-0.05, 0) is 30.2 Å². The molecule has 4 nitrogen and oxygen atoms in total. The van der Waals surface area contributed by atoms with Gasteiger partial charge in [0.25, 0.3) is 0 Å². The molecule has 0 aliphatic carbocycles. The summed E-state index contributed by atoms with van der Waals surface area (Å²) in [6, 6.07) is 14.8. The molecule has 0 saturated carbocycles. The molecule has 22 heavy (non-hydrogen) atoms. The van der Waals surface area contributed by atoms with Gasteiger partial charge < -0.3 is 10.6 Å². The number of aromatic nitrogens is 1. The molecule has 5 heteroatoms. The summed E-state index contributed by atoms with van der Waals surface area (Å²) in [5, 5.41) is 0. The lowest BCUT2D eigenvalue weighted by Gasteiger charge is -2.19. The summed E-state index contributed by atoms with van der Waals surface area (Å²) in [6.07, 6.45) is 3.07. The van der Waals surface area contributed by atoms with Crippen LogP contribution in [0, 0.1) is 0 Å². The molecule has 0 amide bonds. The molecule has 1 atom stereocenters. The zero-order valence-electron chi connectivity index (χ0n) is 12.9. The van der Waals surface area contributed by atoms with Crippen LogP contribution in [0.25, 0.3) is 0 Å². The van der Waals surface area contributed by atoms with Crippen molar-refractivity contribution in [3.8, 4) is 0 Å². The molecule has 1 unspecified atom stereocenters. The number of nitrogens with two attached hydrogens (primary N) is 1. The van der Waals surface area contributed by atoms with Crippen molar-refractivity contribution in [3.63, 3.8) is 0 Å². The van der Waals surface area contributed by atoms with Crippen molar-refractivity contribution in [1.82, 2.24) is 9.88 Å². The van der Waals surface area contributed by atoms with Gasteiger partial charge in [-0.1, -0.05) is 24.3 Å². The predicted octanol–water partition coefficient (Wildman–Crippen LogP) is 2.80. The van der Waals surface area contributed by atoms with E-state index in [9.17, 15) is 0 Å². The Labute approximate surface area is 138 Å². The molecule has 118 valence electrons. The summed E-state index contributed by atoms with van der Waals surface area (Å²) < 4.78 is 0. The Hall–Kier alpha value is -1.62. The van der Waals surface area contributed by atoms with Gasteiger partial charge in [0.05, 0.1) is 0 Å². The van der Waals surface area contributed by atoms with E-state index >= 15 is 0 Å². The molecule has 1 saturated heterocycles. The number of hydrogen-bond donors (Lipinski definition) is 1. The molecule has 1 aliphatic heterocycles. The Morgan fingerprint density at radius 1 is 1.23 bits per heavy atom. The summed E-state index contributed by atoms with van der Waals surface area (Å²) in [5.74, 6) is 0.961. The van der Waals surface area contributed by atoms with E-state index in [0.717, 1.165) is 37.6 Å². The maximum Gasteiger partial charge on any atom is 0.132 e. The second-order valence-corrected chi connectivity index (χ2v) is 5.70. The Kier molecular flexibility index (Phi) is 5.77. The normalized spacial score (nSPS) is 18.0. The molecule has 1 aromatic heterocycles. The molecule has 0 bridgehead atoms. The largest absolute Gasteiger partial charge is 0.329 e. The van der Waals surface area contributed by atoms with Gasteiger partial charge in [-0.3, -0.25) is 4.90 Å². The fourth-order valence-electron chi connectivity index (χ4n) is 2.76. The summed E-state index contributed by atoms with van der Waals surface area (Å²) in [5.41, 5.74) is 8.33. The number of rotatable bonds is 4. The first-order chi connectivity index (χ1) is 10.2. The molecule has 1 aliphatic rings. The molecule has 0 spiro atoms. The van der Waals surface area contributed by atoms with Crippen molar-refractivity contribution in [3.05, 3.63) is 54.2 Å². The number of likely N-dealkylation sites (tertiary alicyclic amines) is 1. The fraction of sp³-hybridized carbons (Fsp3) is 0.353. The molecular weight excluding hydrogens is 296 g/mol. The first kappa shape index (κ1) is 16.7. The molecule has 3 rings (SSSR count). The van der Waals surface area contributed by atoms with Crippen LogP contribution in [-0.2, 0) is 6.54 Å². The van der Waals surface area contributed by atoms with E-state index in [0.29, 0.717) is 6.04 Å². The minimum atomic E-state index is 0. The Morgan fingerprint density at radius 2 is 2.00 bits per heavy atom. The molecule has 1 aromatic carbocycles. The lowest BCUT2D eigenvalue weighted by atomic mass is 10.2. The monoisotopic (exact) mass is 318 g/mol. The van der Waals surface area contributed by atoms with E-state index in [4.69, 9.17) is 5.73 Å². The lowest BCUT2D eigenvalue weighted by Crippen LogP contribution is -2.26. The van der Waals surface area contributed by atoms with Crippen LogP contribution >= 0.6 is 12.4 Å². The second-order valence-electron chi connectivity index (χ2n) is 5.70. The van der Waals surface area contributed by atoms with Gasteiger partial charge in [0, 0.05) is 44.6 Å². The van der Waals surface area contributed by atoms with Gasteiger partial charge in [-0.15, -0.1) is 12.4 Å². The van der Waals surface area contributed by atoms with E-state index in [1.165, 1.54) is 5.56 Å². The van der Waals surface area contributed by atoms with Crippen molar-refractivity contribution >= 4 is 23.9 Å². The van der Waals surface area contributed by atoms with Crippen molar-refractivity contribution in [2.75, 3.05) is 25.0 Å². The fourth-order valence-corrected chi connectivity index (χ4v) is 2.76. The van der Waals surface area contributed by atoms with Gasteiger partial charge >= 0.3 is 0 Å². The third kappa shape index (κ3) is 3.97. The number of hydrogen-bond acceptors (Lipinski definition) is 4. The summed E-state index contributed by atoms with van der Waals surface area (Å²) >= 11 is 0. The first-order valence-electron chi connectivity index (χ1n) is 7.44. The van der Waals surface area contributed by atoms with Crippen LogP contribution in [0.5, 0.6) is 0 Å². The number of pyridine rings is 1. The highest BCUT2D eigenvalue weighted by atomic mass is 35.5. The van der Waals surface area contributed by atoms with E-state index < -0.39 is 0 Å². The van der Waals surface area contributed by atoms with E-state index in [1.54, 1.807) is 0 Å². The lowest BCUT2D eigenvalue weighted by molar-refractivity contribution is 0.326. The van der Waals surface area contributed by atoms with Crippen LogP contribution in [-0.4, -0.2) is 36.1 Å². The average molecular weight is 319 g/mol. The van der Waals surface area contributed by atoms with Gasteiger partial charge in [-0.25, -0.2) is 4.98 Å². The van der Waals surface area contributed by atoms with Crippen molar-refractivity contribution in [1.29, 1.82) is 0 Å². The second kappa shape index (κ2) is 7.58. The van der Waals surface area contributed by atoms with E-state index in [1.807, 2.05) is 31.4 Å². The van der Waals surface area contributed by atoms with Gasteiger partial charge in [-0.2, -0.15) is 0 Å². The standard InChI is InChI=1S/C17H22N4.ClH/c1-20(16-5-3-2-4-6-16)17-8-7-14(11-19-17)12-21-10-9-15(18)13-21;/h2-8,11,15H,9-10,12-13,18H2,1H3;1H. The third-order valence-electron chi connectivity index (χ3n) is 4.01. The number of anilines is 2. The van der Waals surface area contributed by atoms with Crippen molar-refractivity contribution in [2.24, 2.45) is 5.73 Å². The first-order valence-corrected chi connectivity index (χ1v) is 7.44. The molecular formula is C17H23ClN4. The Morgan fingerprint density at radius 3 is 2.59 bits per heavy atom. The minimum absolute atomic E-state index is 0. The average Bonchev–Trinajstić information content (AvgIpc) is 2.93. The Bertz CT molecular complexity index is 573. The summed E-state index contributed by atoms with van der Waals surface area (Å²) in [7, 11) is 2.04. The molecule has 1 fully saturated rings. The van der Waals surface area contributed by atoms with E-state index in [2.05, 4.69) is 39.0 Å². The number of benzene rings is 1. The van der Waals surface area contributed by atoms with Gasteiger partial charge in [0.15, 0.2) is 0 Å². The highest BCUT2D eigenvalue weighted by molar-refractivity contribution is 5.85. The highest BCUT2D eigenvalue weighted by Gasteiger charge is 2.18. The molecule has 0 radical (unpaired) electrons. The van der Waals surface area contributed by atoms with Crippen molar-refractivity contribution < 1.29 is 0 Å².